The number of carbonyl (C=O) groups is 1. The van der Waals surface area contributed by atoms with E-state index in [0.717, 1.165) is 25.4 Å². The van der Waals surface area contributed by atoms with Crippen LogP contribution in [0.5, 0.6) is 5.75 Å². The molecule has 4 aromatic rings. The molecule has 0 spiro atoms. The van der Waals surface area contributed by atoms with Crippen LogP contribution in [0.25, 0.3) is 0 Å². The third-order valence-electron chi connectivity index (χ3n) is 6.46. The van der Waals surface area contributed by atoms with E-state index in [4.69, 9.17) is 4.74 Å². The van der Waals surface area contributed by atoms with Crippen molar-refractivity contribution in [3.8, 4) is 5.75 Å². The molecule has 4 aromatic carbocycles. The minimum atomic E-state index is -2.91. The van der Waals surface area contributed by atoms with Gasteiger partial charge in [-0.2, -0.15) is 0 Å². The first-order valence-corrected chi connectivity index (χ1v) is 16.3. The number of phenolic OH excluding ortho intramolecular Hbond substituents is 1. The number of unbranched alkanes of at least 4 members (excludes halogenated alkanes) is 2. The number of hydrogen-bond acceptors (Lipinski definition) is 3. The molecule has 0 aliphatic carbocycles. The summed E-state index contributed by atoms with van der Waals surface area (Å²) in [6, 6.07) is 38.8. The SMILES string of the molecule is O=C(OCCCCCP(Br)(c1ccccc1)(c1ccccc1)c1ccccc1)c1ccccc1O. The molecule has 3 nitrogen and oxygen atoms in total. The zero-order valence-corrected chi connectivity index (χ0v) is 22.1. The molecule has 0 heterocycles. The molecule has 0 bridgehead atoms. The van der Waals surface area contributed by atoms with Crippen molar-refractivity contribution < 1.29 is 14.6 Å². The normalized spacial score (nSPS) is 12.4. The van der Waals surface area contributed by atoms with Crippen molar-refractivity contribution >= 4 is 42.7 Å². The Labute approximate surface area is 215 Å². The molecule has 4 rings (SSSR count). The summed E-state index contributed by atoms with van der Waals surface area (Å²) in [5.41, 5.74) is 0.204. The summed E-state index contributed by atoms with van der Waals surface area (Å²) in [5, 5.41) is 10.9. The number of phenols is 1. The van der Waals surface area contributed by atoms with Crippen LogP contribution in [-0.4, -0.2) is 23.8 Å². The van der Waals surface area contributed by atoms with Crippen molar-refractivity contribution in [1.29, 1.82) is 0 Å². The van der Waals surface area contributed by atoms with Crippen LogP contribution in [0.2, 0.25) is 0 Å². The quantitative estimate of drug-likeness (QED) is 0.139. The zero-order chi connectivity index (χ0) is 24.6. The number of carbonyl (C=O) groups excluding carboxylic acids is 1. The monoisotopic (exact) mass is 548 g/mol. The van der Waals surface area contributed by atoms with Gasteiger partial charge in [0.05, 0.1) is 0 Å². The van der Waals surface area contributed by atoms with Gasteiger partial charge in [0.15, 0.2) is 0 Å². The topological polar surface area (TPSA) is 46.5 Å². The van der Waals surface area contributed by atoms with Crippen molar-refractivity contribution in [1.82, 2.24) is 0 Å². The Morgan fingerprint density at radius 1 is 0.657 bits per heavy atom. The van der Waals surface area contributed by atoms with E-state index in [-0.39, 0.29) is 11.3 Å². The third-order valence-corrected chi connectivity index (χ3v) is 16.5. The number of ether oxygens (including phenoxy) is 1. The zero-order valence-electron chi connectivity index (χ0n) is 19.6. The fourth-order valence-corrected chi connectivity index (χ4v) is 12.4. The predicted molar refractivity (Wildman–Crippen MR) is 151 cm³/mol. The Kier molecular flexibility index (Phi) is 8.05. The average Bonchev–Trinajstić information content (AvgIpc) is 2.92. The molecule has 0 aliphatic heterocycles. The Morgan fingerprint density at radius 3 is 1.60 bits per heavy atom. The minimum absolute atomic E-state index is 0.0530. The predicted octanol–water partition coefficient (Wildman–Crippen LogP) is 6.56. The molecule has 180 valence electrons. The summed E-state index contributed by atoms with van der Waals surface area (Å²) in [6.45, 7) is 0.327. The first-order chi connectivity index (χ1) is 17.0. The van der Waals surface area contributed by atoms with Crippen molar-refractivity contribution in [3.05, 3.63) is 121 Å². The molecule has 0 saturated carbocycles. The molecule has 0 radical (unpaired) electrons. The van der Waals surface area contributed by atoms with E-state index in [1.807, 2.05) is 0 Å². The summed E-state index contributed by atoms with van der Waals surface area (Å²) in [4.78, 5) is 12.3. The Balaban J connectivity index is 1.53. The summed E-state index contributed by atoms with van der Waals surface area (Å²) in [6.07, 6.45) is 3.61. The molecule has 0 aromatic heterocycles. The van der Waals surface area contributed by atoms with E-state index in [0.29, 0.717) is 6.61 Å². The first kappa shape index (κ1) is 25.2. The molecule has 35 heavy (non-hydrogen) atoms. The van der Waals surface area contributed by atoms with Gasteiger partial charge in [0.1, 0.15) is 0 Å². The Hall–Kier alpha value is -2.94. The number of hydrogen-bond donors (Lipinski definition) is 1. The van der Waals surface area contributed by atoms with E-state index >= 15 is 0 Å². The van der Waals surface area contributed by atoms with E-state index in [1.165, 1.54) is 22.0 Å². The average molecular weight is 549 g/mol. The molecule has 0 fully saturated rings. The third kappa shape index (κ3) is 5.19. The Bertz CT molecular complexity index is 1150. The van der Waals surface area contributed by atoms with Gasteiger partial charge in [-0.1, -0.05) is 0 Å². The van der Waals surface area contributed by atoms with Crippen molar-refractivity contribution in [2.45, 2.75) is 19.3 Å². The molecule has 0 aliphatic rings. The van der Waals surface area contributed by atoms with E-state index in [1.54, 1.807) is 18.2 Å². The molecule has 1 N–H and O–H groups in total. The van der Waals surface area contributed by atoms with Crippen LogP contribution >= 0.6 is 20.8 Å². The van der Waals surface area contributed by atoms with Crippen LogP contribution < -0.4 is 15.9 Å². The van der Waals surface area contributed by atoms with Crippen molar-refractivity contribution in [3.63, 3.8) is 0 Å². The van der Waals surface area contributed by atoms with Crippen LogP contribution in [0.1, 0.15) is 29.6 Å². The van der Waals surface area contributed by atoms with Crippen LogP contribution in [0.3, 0.4) is 0 Å². The standard InChI is InChI=1S/C30H30BrO3P/c31-35(25-15-5-1-6-16-25,26-17-7-2-8-18-26,27-19-9-3-10-20-27)24-14-4-13-23-34-30(33)28-21-11-12-22-29(28)32/h1-3,5-12,15-22,32H,4,13-14,23-24H2. The first-order valence-electron chi connectivity index (χ1n) is 11.9. The number of halogens is 1. The van der Waals surface area contributed by atoms with Crippen LogP contribution in [-0.2, 0) is 4.74 Å². The van der Waals surface area contributed by atoms with Crippen molar-refractivity contribution in [2.24, 2.45) is 0 Å². The summed E-state index contributed by atoms with van der Waals surface area (Å²) in [5.74, 6) is -0.538. The number of esters is 1. The molecule has 0 unspecified atom stereocenters. The van der Waals surface area contributed by atoms with Crippen LogP contribution in [0.4, 0.5) is 0 Å². The Morgan fingerprint density at radius 2 is 1.11 bits per heavy atom. The van der Waals surface area contributed by atoms with Gasteiger partial charge in [-0.05, 0) is 0 Å². The summed E-state index contributed by atoms with van der Waals surface area (Å²) in [7, 11) is 0. The molecule has 5 heteroatoms. The maximum atomic E-state index is 12.3. The number of rotatable bonds is 10. The molecular formula is C30H30BrO3P. The van der Waals surface area contributed by atoms with E-state index in [9.17, 15) is 9.90 Å². The van der Waals surface area contributed by atoms with Crippen LogP contribution in [0.15, 0.2) is 115 Å². The maximum absolute atomic E-state index is 12.3. The summed E-state index contributed by atoms with van der Waals surface area (Å²) < 4.78 is 5.42. The van der Waals surface area contributed by atoms with Gasteiger partial charge >= 0.3 is 216 Å². The second kappa shape index (κ2) is 11.2. The van der Waals surface area contributed by atoms with Gasteiger partial charge in [0.2, 0.25) is 0 Å². The van der Waals surface area contributed by atoms with Gasteiger partial charge in [0, 0.05) is 0 Å². The summed E-state index contributed by atoms with van der Waals surface area (Å²) >= 11 is 4.47. The van der Waals surface area contributed by atoms with Crippen LogP contribution in [0, 0.1) is 0 Å². The van der Waals surface area contributed by atoms with Crippen molar-refractivity contribution in [2.75, 3.05) is 12.8 Å². The van der Waals surface area contributed by atoms with Gasteiger partial charge in [0.25, 0.3) is 0 Å². The molecule has 0 amide bonds. The molecular weight excluding hydrogens is 519 g/mol. The number of aromatic hydroxyl groups is 1. The van der Waals surface area contributed by atoms with E-state index < -0.39 is 11.3 Å². The van der Waals surface area contributed by atoms with Gasteiger partial charge in [-0.15, -0.1) is 0 Å². The fourth-order valence-electron chi connectivity index (χ4n) is 4.63. The molecule has 0 saturated heterocycles. The number of para-hydroxylation sites is 1. The van der Waals surface area contributed by atoms with Gasteiger partial charge < -0.3 is 0 Å². The number of benzene rings is 4. The second-order valence-electron chi connectivity index (χ2n) is 8.63. The second-order valence-corrected chi connectivity index (χ2v) is 17.7. The van der Waals surface area contributed by atoms with Gasteiger partial charge in [-0.25, -0.2) is 0 Å². The fraction of sp³-hybridized carbons (Fsp3) is 0.167. The van der Waals surface area contributed by atoms with E-state index in [2.05, 4.69) is 106 Å². The molecule has 0 atom stereocenters. The van der Waals surface area contributed by atoms with Gasteiger partial charge in [-0.3, -0.25) is 0 Å².